The first-order chi connectivity index (χ1) is 11.2. The molecule has 0 N–H and O–H groups in total. The highest BCUT2D eigenvalue weighted by molar-refractivity contribution is 9.09. The van der Waals surface area contributed by atoms with E-state index < -0.39 is 10.8 Å². The summed E-state index contributed by atoms with van der Waals surface area (Å²) in [5.74, 6) is 0.0146. The number of carbonyl (C=O) groups excluding carboxylic acids is 2. The Kier molecular flexibility index (Phi) is 7.65. The molecule has 1 aromatic carbocycles. The number of hydrogen-bond donors (Lipinski definition) is 0. The Morgan fingerprint density at radius 1 is 1.12 bits per heavy atom. The van der Waals surface area contributed by atoms with Crippen LogP contribution < -0.4 is 0 Å². The zero-order chi connectivity index (χ0) is 18.4. The SMILES string of the molecule is COC(=O)C(C)(C)CCCCC(C)(C(=O)CBr)c1cccc(C)c1. The Labute approximate surface area is 154 Å². The lowest BCUT2D eigenvalue weighted by Crippen LogP contribution is -2.34. The van der Waals surface area contributed by atoms with Crippen LogP contribution in [-0.2, 0) is 19.7 Å². The number of alkyl halides is 1. The maximum Gasteiger partial charge on any atom is 0.311 e. The number of ether oxygens (including phenoxy) is 1. The van der Waals surface area contributed by atoms with E-state index in [2.05, 4.69) is 22.0 Å². The van der Waals surface area contributed by atoms with E-state index in [0.29, 0.717) is 5.33 Å². The highest BCUT2D eigenvalue weighted by Crippen LogP contribution is 2.34. The van der Waals surface area contributed by atoms with Crippen LogP contribution in [0.3, 0.4) is 0 Å². The molecule has 4 heteroatoms. The first-order valence-electron chi connectivity index (χ1n) is 8.42. The minimum Gasteiger partial charge on any atom is -0.469 e. The number of hydrogen-bond acceptors (Lipinski definition) is 3. The molecule has 0 saturated carbocycles. The molecule has 0 aliphatic rings. The fourth-order valence-electron chi connectivity index (χ4n) is 3.00. The zero-order valence-electron chi connectivity index (χ0n) is 15.4. The van der Waals surface area contributed by atoms with E-state index in [1.807, 2.05) is 45.9 Å². The van der Waals surface area contributed by atoms with Crippen molar-refractivity contribution < 1.29 is 14.3 Å². The number of aryl methyl sites for hydroxylation is 1. The van der Waals surface area contributed by atoms with Crippen molar-refractivity contribution in [3.05, 3.63) is 35.4 Å². The number of ketones is 1. The molecule has 0 aliphatic carbocycles. The van der Waals surface area contributed by atoms with E-state index in [1.54, 1.807) is 0 Å². The zero-order valence-corrected chi connectivity index (χ0v) is 17.0. The monoisotopic (exact) mass is 396 g/mol. The normalized spacial score (nSPS) is 14.1. The molecular formula is C20H29BrO3. The van der Waals surface area contributed by atoms with Crippen molar-refractivity contribution in [3.63, 3.8) is 0 Å². The lowest BCUT2D eigenvalue weighted by molar-refractivity contribution is -0.151. The van der Waals surface area contributed by atoms with Gasteiger partial charge in [0.25, 0.3) is 0 Å². The maximum absolute atomic E-state index is 12.6. The number of unbranched alkanes of at least 4 members (excludes halogenated alkanes) is 1. The Bertz CT molecular complexity index is 580. The third-order valence-electron chi connectivity index (χ3n) is 4.86. The van der Waals surface area contributed by atoms with Gasteiger partial charge in [-0.25, -0.2) is 0 Å². The summed E-state index contributed by atoms with van der Waals surface area (Å²) in [6.07, 6.45) is 3.31. The first kappa shape index (κ1) is 20.9. The van der Waals surface area contributed by atoms with Crippen molar-refractivity contribution in [2.24, 2.45) is 5.41 Å². The molecule has 1 aromatic rings. The predicted octanol–water partition coefficient (Wildman–Crippen LogP) is 4.98. The summed E-state index contributed by atoms with van der Waals surface area (Å²) in [5.41, 5.74) is 1.26. The Morgan fingerprint density at radius 3 is 2.29 bits per heavy atom. The molecule has 0 aliphatic heterocycles. The summed E-state index contributed by atoms with van der Waals surface area (Å²) in [5, 5.41) is 0.352. The minimum atomic E-state index is -0.495. The number of benzene rings is 1. The van der Waals surface area contributed by atoms with Gasteiger partial charge in [-0.3, -0.25) is 9.59 Å². The highest BCUT2D eigenvalue weighted by Gasteiger charge is 2.34. The van der Waals surface area contributed by atoms with Crippen LogP contribution >= 0.6 is 15.9 Å². The third kappa shape index (κ3) is 5.17. The van der Waals surface area contributed by atoms with Gasteiger partial charge in [-0.05, 0) is 46.1 Å². The van der Waals surface area contributed by atoms with Gasteiger partial charge in [-0.1, -0.05) is 58.6 Å². The molecule has 1 atom stereocenters. The van der Waals surface area contributed by atoms with Crippen LogP contribution in [0.25, 0.3) is 0 Å². The Hall–Kier alpha value is -1.16. The molecule has 24 heavy (non-hydrogen) atoms. The van der Waals surface area contributed by atoms with Gasteiger partial charge in [-0.2, -0.15) is 0 Å². The minimum absolute atomic E-state index is 0.180. The molecule has 0 fully saturated rings. The molecule has 0 heterocycles. The number of halogens is 1. The van der Waals surface area contributed by atoms with Crippen molar-refractivity contribution in [2.75, 3.05) is 12.4 Å². The van der Waals surface area contributed by atoms with Gasteiger partial charge in [0.2, 0.25) is 0 Å². The largest absolute Gasteiger partial charge is 0.469 e. The van der Waals surface area contributed by atoms with Crippen molar-refractivity contribution in [3.8, 4) is 0 Å². The molecule has 0 aromatic heterocycles. The molecular weight excluding hydrogens is 368 g/mol. The maximum atomic E-state index is 12.6. The van der Waals surface area contributed by atoms with Crippen molar-refractivity contribution in [1.82, 2.24) is 0 Å². The van der Waals surface area contributed by atoms with Crippen LogP contribution in [-0.4, -0.2) is 24.2 Å². The van der Waals surface area contributed by atoms with Crippen LogP contribution in [0, 0.1) is 12.3 Å². The average Bonchev–Trinajstić information content (AvgIpc) is 2.56. The molecule has 1 unspecified atom stereocenters. The van der Waals surface area contributed by atoms with Gasteiger partial charge in [0.05, 0.1) is 23.3 Å². The molecule has 3 nitrogen and oxygen atoms in total. The molecule has 0 spiro atoms. The molecule has 0 bridgehead atoms. The van der Waals surface area contributed by atoms with Gasteiger partial charge in [0, 0.05) is 0 Å². The number of rotatable bonds is 9. The van der Waals surface area contributed by atoms with Gasteiger partial charge >= 0.3 is 5.97 Å². The third-order valence-corrected chi connectivity index (χ3v) is 5.37. The van der Waals surface area contributed by atoms with E-state index in [0.717, 1.165) is 36.8 Å². The molecule has 0 amide bonds. The smallest absolute Gasteiger partial charge is 0.311 e. The summed E-state index contributed by atoms with van der Waals surface area (Å²) in [6.45, 7) is 7.88. The summed E-state index contributed by atoms with van der Waals surface area (Å²) in [6, 6.07) is 8.18. The van der Waals surface area contributed by atoms with Crippen LogP contribution in [0.1, 0.15) is 57.6 Å². The van der Waals surface area contributed by atoms with Crippen LogP contribution in [0.4, 0.5) is 0 Å². The Balaban J connectivity index is 2.79. The molecule has 1 rings (SSSR count). The van der Waals surface area contributed by atoms with E-state index in [4.69, 9.17) is 4.74 Å². The second-order valence-electron chi connectivity index (χ2n) is 7.34. The van der Waals surface area contributed by atoms with E-state index >= 15 is 0 Å². The van der Waals surface area contributed by atoms with E-state index in [9.17, 15) is 9.59 Å². The van der Waals surface area contributed by atoms with Gasteiger partial charge in [-0.15, -0.1) is 0 Å². The molecule has 0 radical (unpaired) electrons. The molecule has 134 valence electrons. The van der Waals surface area contributed by atoms with E-state index in [-0.39, 0.29) is 11.8 Å². The number of esters is 1. The summed E-state index contributed by atoms with van der Waals surface area (Å²) in [7, 11) is 1.42. The molecule has 0 saturated heterocycles. The van der Waals surface area contributed by atoms with E-state index in [1.165, 1.54) is 7.11 Å². The second kappa shape index (κ2) is 8.80. The van der Waals surface area contributed by atoms with Gasteiger partial charge in [0.1, 0.15) is 0 Å². The van der Waals surface area contributed by atoms with Crippen molar-refractivity contribution in [1.29, 1.82) is 0 Å². The van der Waals surface area contributed by atoms with Crippen molar-refractivity contribution >= 4 is 27.7 Å². The topological polar surface area (TPSA) is 43.4 Å². The summed E-state index contributed by atoms with van der Waals surface area (Å²) in [4.78, 5) is 24.3. The number of Topliss-reactive ketones (excluding diaryl/α,β-unsaturated/α-hetero) is 1. The van der Waals surface area contributed by atoms with Gasteiger partial charge < -0.3 is 4.74 Å². The van der Waals surface area contributed by atoms with Crippen LogP contribution in [0.2, 0.25) is 0 Å². The first-order valence-corrected chi connectivity index (χ1v) is 9.54. The Morgan fingerprint density at radius 2 is 1.75 bits per heavy atom. The summed E-state index contributed by atoms with van der Waals surface area (Å²) >= 11 is 3.32. The predicted molar refractivity (Wildman–Crippen MR) is 102 cm³/mol. The highest BCUT2D eigenvalue weighted by atomic mass is 79.9. The summed E-state index contributed by atoms with van der Waals surface area (Å²) < 4.78 is 4.85. The fourth-order valence-corrected chi connectivity index (χ4v) is 3.62. The fraction of sp³-hybridized carbons (Fsp3) is 0.600. The second-order valence-corrected chi connectivity index (χ2v) is 7.90. The standard InChI is InChI=1S/C20H29BrO3/c1-15-9-8-10-16(13-15)20(4,17(22)14-21)12-7-6-11-19(2,3)18(23)24-5/h8-10,13H,6-7,11-12,14H2,1-5H3. The lowest BCUT2D eigenvalue weighted by atomic mass is 9.74. The quantitative estimate of drug-likeness (QED) is 0.336. The van der Waals surface area contributed by atoms with Crippen LogP contribution in [0.15, 0.2) is 24.3 Å². The lowest BCUT2D eigenvalue weighted by Gasteiger charge is -2.29. The van der Waals surface area contributed by atoms with Crippen LogP contribution in [0.5, 0.6) is 0 Å². The van der Waals surface area contributed by atoms with Crippen molar-refractivity contribution in [2.45, 2.75) is 58.8 Å². The number of carbonyl (C=O) groups is 2. The van der Waals surface area contributed by atoms with Gasteiger partial charge in [0.15, 0.2) is 5.78 Å². The average molecular weight is 397 g/mol. The number of methoxy groups -OCH3 is 1.